The number of alkyl halides is 3. The highest BCUT2D eigenvalue weighted by molar-refractivity contribution is 6.42. The van der Waals surface area contributed by atoms with Crippen molar-refractivity contribution in [2.75, 3.05) is 27.2 Å². The minimum Gasteiger partial charge on any atom is -0.465 e. The summed E-state index contributed by atoms with van der Waals surface area (Å²) in [5.41, 5.74) is -1.78. The van der Waals surface area contributed by atoms with Gasteiger partial charge in [0.05, 0.1) is 28.3 Å². The molecule has 0 fully saturated rings. The summed E-state index contributed by atoms with van der Waals surface area (Å²) < 4.78 is 38.5. The first-order valence-corrected chi connectivity index (χ1v) is 8.55. The zero-order valence-corrected chi connectivity index (χ0v) is 16.4. The van der Waals surface area contributed by atoms with Crippen molar-refractivity contribution < 1.29 is 38.1 Å². The molecule has 0 spiro atoms. The summed E-state index contributed by atoms with van der Waals surface area (Å²) >= 11 is 11.8. The van der Waals surface area contributed by atoms with Crippen molar-refractivity contribution in [3.63, 3.8) is 0 Å². The van der Waals surface area contributed by atoms with E-state index >= 15 is 0 Å². The average molecular weight is 447 g/mol. The fraction of sp³-hybridized carbons (Fsp3) is 0.500. The molecule has 28 heavy (non-hydrogen) atoms. The topological polar surface area (TPSA) is 101 Å². The number of hydrogen-bond donors (Lipinski definition) is 3. The smallest absolute Gasteiger partial charge is 0.465 e. The van der Waals surface area contributed by atoms with Crippen molar-refractivity contribution in [1.82, 2.24) is 9.80 Å². The number of carboxylic acid groups (broad SMARTS) is 1. The number of amides is 2. The van der Waals surface area contributed by atoms with E-state index in [1.807, 2.05) is 0 Å². The van der Waals surface area contributed by atoms with Gasteiger partial charge >= 0.3 is 18.2 Å². The van der Waals surface area contributed by atoms with E-state index < -0.39 is 49.4 Å². The fourth-order valence-corrected chi connectivity index (χ4v) is 3.11. The second-order valence-electron chi connectivity index (χ2n) is 6.20. The number of nitrogens with zero attached hydrogens (tertiary/aromatic N) is 2. The Morgan fingerprint density at radius 3 is 2.18 bits per heavy atom. The number of rotatable bonds is 7. The van der Waals surface area contributed by atoms with Gasteiger partial charge < -0.3 is 20.2 Å². The molecule has 1 rings (SSSR count). The minimum absolute atomic E-state index is 0.00869. The Labute approximate surface area is 168 Å². The number of benzene rings is 1. The maximum absolute atomic E-state index is 12.8. The monoisotopic (exact) mass is 446 g/mol. The highest BCUT2D eigenvalue weighted by Gasteiger charge is 2.47. The van der Waals surface area contributed by atoms with Crippen LogP contribution in [0.5, 0.6) is 0 Å². The molecule has 2 unspecified atom stereocenters. The quantitative estimate of drug-likeness (QED) is 0.597. The van der Waals surface area contributed by atoms with Crippen LogP contribution in [0, 0.1) is 0 Å². The lowest BCUT2D eigenvalue weighted by Crippen LogP contribution is -2.57. The van der Waals surface area contributed by atoms with Gasteiger partial charge in [0.1, 0.15) is 0 Å². The fourth-order valence-electron chi connectivity index (χ4n) is 2.81. The molecule has 3 N–H and O–H groups in total. The van der Waals surface area contributed by atoms with E-state index in [0.29, 0.717) is 9.80 Å². The van der Waals surface area contributed by atoms with Crippen LogP contribution in [-0.2, 0) is 10.3 Å². The summed E-state index contributed by atoms with van der Waals surface area (Å²) in [6.45, 7) is -1.56. The number of halogens is 5. The molecule has 0 aromatic heterocycles. The summed E-state index contributed by atoms with van der Waals surface area (Å²) in [7, 11) is 1.92. The van der Waals surface area contributed by atoms with Gasteiger partial charge in [-0.3, -0.25) is 9.69 Å². The van der Waals surface area contributed by atoms with E-state index in [4.69, 9.17) is 23.2 Å². The van der Waals surface area contributed by atoms with Crippen molar-refractivity contribution >= 4 is 35.2 Å². The van der Waals surface area contributed by atoms with E-state index in [1.165, 1.54) is 18.2 Å². The van der Waals surface area contributed by atoms with E-state index in [2.05, 4.69) is 0 Å². The molecule has 2 atom stereocenters. The number of carbonyl (C=O) groups excluding carboxylic acids is 1. The molecule has 0 heterocycles. The Morgan fingerprint density at radius 2 is 1.75 bits per heavy atom. The standard InChI is InChI=1S/C16H19Cl2F3N2O5/c1-22(13(26)16(19,20)21)8-15(6-10(25)7-24,23(2)14(27)28)9-3-4-11(17)12(18)5-9/h3-5,10,24-25H,6-8H2,1-2H3,(H,27,28). The van der Waals surface area contributed by atoms with Gasteiger partial charge in [-0.25, -0.2) is 4.79 Å². The molecule has 158 valence electrons. The van der Waals surface area contributed by atoms with Gasteiger partial charge in [0.25, 0.3) is 0 Å². The Balaban J connectivity index is 3.61. The molecule has 0 aliphatic rings. The Morgan fingerprint density at radius 1 is 1.18 bits per heavy atom. The number of aliphatic hydroxyl groups is 2. The molecule has 1 aromatic carbocycles. The van der Waals surface area contributed by atoms with Crippen molar-refractivity contribution in [3.8, 4) is 0 Å². The number of likely N-dealkylation sites (N-methyl/N-ethyl adjacent to an activating group) is 2. The second kappa shape index (κ2) is 9.17. The van der Waals surface area contributed by atoms with Crippen LogP contribution < -0.4 is 0 Å². The first-order chi connectivity index (χ1) is 12.8. The Kier molecular flexibility index (Phi) is 7.95. The van der Waals surface area contributed by atoms with Crippen molar-refractivity contribution in [1.29, 1.82) is 0 Å². The molecule has 0 aliphatic carbocycles. The number of aliphatic hydroxyl groups excluding tert-OH is 2. The summed E-state index contributed by atoms with van der Waals surface area (Å²) in [6, 6.07) is 3.86. The number of carbonyl (C=O) groups is 2. The zero-order valence-electron chi connectivity index (χ0n) is 14.9. The van der Waals surface area contributed by atoms with Gasteiger partial charge in [-0.05, 0) is 17.7 Å². The largest absolute Gasteiger partial charge is 0.471 e. The molecular formula is C16H19Cl2F3N2O5. The predicted molar refractivity (Wildman–Crippen MR) is 95.3 cm³/mol. The van der Waals surface area contributed by atoms with E-state index in [9.17, 15) is 38.1 Å². The Hall–Kier alpha value is -1.75. The SMILES string of the molecule is CN(CC(CC(O)CO)(c1ccc(Cl)c(Cl)c1)N(C)C(=O)O)C(=O)C(F)(F)F. The summed E-state index contributed by atoms with van der Waals surface area (Å²) in [4.78, 5) is 24.3. The molecule has 0 bridgehead atoms. The van der Waals surface area contributed by atoms with E-state index in [1.54, 1.807) is 0 Å². The van der Waals surface area contributed by atoms with E-state index in [0.717, 1.165) is 14.1 Å². The lowest BCUT2D eigenvalue weighted by Gasteiger charge is -2.44. The van der Waals surface area contributed by atoms with Gasteiger partial charge in [-0.15, -0.1) is 0 Å². The van der Waals surface area contributed by atoms with Crippen LogP contribution in [0.3, 0.4) is 0 Å². The van der Waals surface area contributed by atoms with Crippen molar-refractivity contribution in [3.05, 3.63) is 33.8 Å². The average Bonchev–Trinajstić information content (AvgIpc) is 2.60. The molecule has 0 aliphatic heterocycles. The third kappa shape index (κ3) is 5.40. The third-order valence-corrected chi connectivity index (χ3v) is 5.00. The van der Waals surface area contributed by atoms with Crippen LogP contribution in [0.4, 0.5) is 18.0 Å². The molecule has 2 amide bonds. The van der Waals surface area contributed by atoms with Crippen LogP contribution in [0.25, 0.3) is 0 Å². The molecule has 7 nitrogen and oxygen atoms in total. The molecule has 0 radical (unpaired) electrons. The van der Waals surface area contributed by atoms with Crippen LogP contribution >= 0.6 is 23.2 Å². The van der Waals surface area contributed by atoms with Crippen LogP contribution in [-0.4, -0.2) is 76.6 Å². The van der Waals surface area contributed by atoms with Crippen molar-refractivity contribution in [2.45, 2.75) is 24.2 Å². The van der Waals surface area contributed by atoms with Gasteiger partial charge in [0.15, 0.2) is 0 Å². The van der Waals surface area contributed by atoms with Crippen LogP contribution in [0.15, 0.2) is 18.2 Å². The van der Waals surface area contributed by atoms with Gasteiger partial charge in [-0.2, -0.15) is 13.2 Å². The first-order valence-electron chi connectivity index (χ1n) is 7.79. The molecule has 0 saturated heterocycles. The first kappa shape index (κ1) is 24.3. The maximum Gasteiger partial charge on any atom is 0.471 e. The molecule has 0 saturated carbocycles. The number of hydrogen-bond acceptors (Lipinski definition) is 4. The van der Waals surface area contributed by atoms with Crippen molar-refractivity contribution in [2.24, 2.45) is 0 Å². The third-order valence-electron chi connectivity index (χ3n) is 4.26. The second-order valence-corrected chi connectivity index (χ2v) is 7.02. The van der Waals surface area contributed by atoms with Gasteiger partial charge in [0.2, 0.25) is 0 Å². The summed E-state index contributed by atoms with van der Waals surface area (Å²) in [5, 5.41) is 28.8. The maximum atomic E-state index is 12.8. The van der Waals surface area contributed by atoms with Crippen LogP contribution in [0.2, 0.25) is 10.0 Å². The lowest BCUT2D eigenvalue weighted by atomic mass is 9.82. The molecule has 1 aromatic rings. The predicted octanol–water partition coefficient (Wildman–Crippen LogP) is 2.56. The summed E-state index contributed by atoms with van der Waals surface area (Å²) in [5.74, 6) is -2.20. The highest BCUT2D eigenvalue weighted by atomic mass is 35.5. The molecule has 12 heteroatoms. The normalized spacial score (nSPS) is 14.9. The summed E-state index contributed by atoms with van der Waals surface area (Å²) in [6.07, 6.45) is -8.73. The van der Waals surface area contributed by atoms with Gasteiger partial charge in [0, 0.05) is 27.1 Å². The van der Waals surface area contributed by atoms with Gasteiger partial charge in [-0.1, -0.05) is 29.3 Å². The Bertz CT molecular complexity index is 735. The van der Waals surface area contributed by atoms with E-state index in [-0.39, 0.29) is 15.6 Å². The zero-order chi connectivity index (χ0) is 21.9. The highest BCUT2D eigenvalue weighted by Crippen LogP contribution is 2.37. The van der Waals surface area contributed by atoms with Crippen LogP contribution in [0.1, 0.15) is 12.0 Å². The molecular weight excluding hydrogens is 428 g/mol. The lowest BCUT2D eigenvalue weighted by molar-refractivity contribution is -0.185. The minimum atomic E-state index is -5.18.